The lowest BCUT2D eigenvalue weighted by molar-refractivity contribution is -0.144. The molecule has 7 nitrogen and oxygen atoms in total. The first-order chi connectivity index (χ1) is 12.5. The maximum absolute atomic E-state index is 12.8. The van der Waals surface area contributed by atoms with Crippen LogP contribution in [0.15, 0.2) is 24.3 Å². The monoisotopic (exact) mass is 361 g/mol. The highest BCUT2D eigenvalue weighted by Crippen LogP contribution is 2.20. The molecule has 2 aromatic rings. The fourth-order valence-electron chi connectivity index (χ4n) is 2.85. The molecule has 1 aromatic heterocycles. The summed E-state index contributed by atoms with van der Waals surface area (Å²) in [4.78, 5) is 24.7. The lowest BCUT2D eigenvalue weighted by Gasteiger charge is -2.19. The molecule has 26 heavy (non-hydrogen) atoms. The number of nitrogens with zero attached hydrogens (tertiary/aromatic N) is 2. The molecule has 0 fully saturated rings. The Bertz CT molecular complexity index is 754. The van der Waals surface area contributed by atoms with Crippen LogP contribution in [0.1, 0.15) is 43.6 Å². The predicted octanol–water partition coefficient (Wildman–Crippen LogP) is 2.13. The number of hydrogen-bond acceptors (Lipinski definition) is 5. The Morgan fingerprint density at radius 2 is 1.96 bits per heavy atom. The number of methoxy groups -OCH3 is 1. The van der Waals surface area contributed by atoms with Gasteiger partial charge in [0.25, 0.3) is 5.91 Å². The van der Waals surface area contributed by atoms with Gasteiger partial charge in [0.05, 0.1) is 12.6 Å². The summed E-state index contributed by atoms with van der Waals surface area (Å²) in [6, 6.07) is 6.81. The number of aromatic nitrogens is 2. The quantitative estimate of drug-likeness (QED) is 0.527. The number of hydrogen-bond donors (Lipinski definition) is 2. The molecule has 1 aromatic carbocycles. The number of unbranched alkanes of at least 4 members (excludes halogenated alkanes) is 2. The molecule has 0 saturated heterocycles. The van der Waals surface area contributed by atoms with Crippen molar-refractivity contribution in [2.45, 2.75) is 45.7 Å². The minimum atomic E-state index is -0.721. The van der Waals surface area contributed by atoms with E-state index in [9.17, 15) is 9.59 Å². The topological polar surface area (TPSA) is 93.5 Å². The first-order valence-electron chi connectivity index (χ1n) is 8.94. The number of rotatable bonds is 9. The molecule has 0 spiro atoms. The molecule has 1 heterocycles. The molecule has 2 N–H and O–H groups in total. The van der Waals surface area contributed by atoms with Crippen LogP contribution in [0, 0.1) is 5.92 Å². The van der Waals surface area contributed by atoms with Gasteiger partial charge in [0, 0.05) is 18.5 Å². The molecule has 0 aliphatic carbocycles. The van der Waals surface area contributed by atoms with E-state index in [-0.39, 0.29) is 18.4 Å². The van der Waals surface area contributed by atoms with E-state index in [1.54, 1.807) is 0 Å². The van der Waals surface area contributed by atoms with Crippen LogP contribution in [0.25, 0.3) is 10.9 Å². The molecule has 0 aliphatic rings. The summed E-state index contributed by atoms with van der Waals surface area (Å²) in [6.45, 7) is 4.54. The largest absolute Gasteiger partial charge is 0.467 e. The summed E-state index contributed by atoms with van der Waals surface area (Å²) in [6.07, 6.45) is 2.51. The molecule has 0 radical (unpaired) electrons. The van der Waals surface area contributed by atoms with Crippen LogP contribution in [0.4, 0.5) is 0 Å². The molecule has 0 saturated carbocycles. The maximum Gasteiger partial charge on any atom is 0.328 e. The third-order valence-electron chi connectivity index (χ3n) is 4.31. The van der Waals surface area contributed by atoms with Crippen molar-refractivity contribution in [3.63, 3.8) is 0 Å². The standard InChI is InChI=1S/C19H27N3O4/c1-13(2)16(19(25)26-3)20-18(24)17-14-9-5-6-10-15(14)22(21-17)11-7-4-8-12-23/h5-6,9-10,13,16,23H,4,7-8,11-12H2,1-3H3,(H,20,24)/t16-/m0/s1. The van der Waals surface area contributed by atoms with E-state index < -0.39 is 12.0 Å². The fraction of sp³-hybridized carbons (Fsp3) is 0.526. The molecule has 142 valence electrons. The lowest BCUT2D eigenvalue weighted by atomic mass is 10.0. The Morgan fingerprint density at radius 1 is 1.23 bits per heavy atom. The number of amides is 1. The SMILES string of the molecule is COC(=O)[C@@H](NC(=O)c1nn(CCCCCO)c2ccccc12)C(C)C. The van der Waals surface area contributed by atoms with Gasteiger partial charge >= 0.3 is 5.97 Å². The molecule has 0 bridgehead atoms. The van der Waals surface area contributed by atoms with E-state index in [1.807, 2.05) is 42.8 Å². The number of aliphatic hydroxyl groups is 1. The van der Waals surface area contributed by atoms with Crippen LogP contribution in [0.3, 0.4) is 0 Å². The first-order valence-corrected chi connectivity index (χ1v) is 8.94. The molecule has 1 atom stereocenters. The van der Waals surface area contributed by atoms with Crippen LogP contribution in [0.5, 0.6) is 0 Å². The zero-order valence-electron chi connectivity index (χ0n) is 15.6. The van der Waals surface area contributed by atoms with Gasteiger partial charge in [-0.25, -0.2) is 4.79 Å². The summed E-state index contributed by atoms with van der Waals surface area (Å²) in [5.41, 5.74) is 1.18. The third-order valence-corrected chi connectivity index (χ3v) is 4.31. The number of nitrogens with one attached hydrogen (secondary N) is 1. The number of carbonyl (C=O) groups excluding carboxylic acids is 2. The summed E-state index contributed by atoms with van der Waals surface area (Å²) in [7, 11) is 1.31. The number of para-hydroxylation sites is 1. The van der Waals surface area contributed by atoms with Crippen molar-refractivity contribution in [2.24, 2.45) is 5.92 Å². The number of aryl methyl sites for hydroxylation is 1. The van der Waals surface area contributed by atoms with Crippen LogP contribution < -0.4 is 5.32 Å². The Hall–Kier alpha value is -2.41. The summed E-state index contributed by atoms with van der Waals surface area (Å²) >= 11 is 0. The number of fused-ring (bicyclic) bond motifs is 1. The highest BCUT2D eigenvalue weighted by molar-refractivity contribution is 6.06. The molecule has 7 heteroatoms. The molecular formula is C19H27N3O4. The molecule has 0 unspecified atom stereocenters. The average Bonchev–Trinajstić information content (AvgIpc) is 3.01. The van der Waals surface area contributed by atoms with Gasteiger partial charge in [-0.3, -0.25) is 9.48 Å². The predicted molar refractivity (Wildman–Crippen MR) is 98.8 cm³/mol. The average molecular weight is 361 g/mol. The minimum Gasteiger partial charge on any atom is -0.467 e. The second-order valence-corrected chi connectivity index (χ2v) is 6.59. The maximum atomic E-state index is 12.8. The summed E-state index contributed by atoms with van der Waals surface area (Å²) < 4.78 is 6.59. The second kappa shape index (κ2) is 9.33. The summed E-state index contributed by atoms with van der Waals surface area (Å²) in [5, 5.41) is 16.9. The Morgan fingerprint density at radius 3 is 2.62 bits per heavy atom. The lowest BCUT2D eigenvalue weighted by Crippen LogP contribution is -2.45. The van der Waals surface area contributed by atoms with Crippen molar-refractivity contribution >= 4 is 22.8 Å². The van der Waals surface area contributed by atoms with Crippen molar-refractivity contribution in [2.75, 3.05) is 13.7 Å². The van der Waals surface area contributed by atoms with Gasteiger partial charge < -0.3 is 15.2 Å². The Kier molecular flexibility index (Phi) is 7.15. The number of aliphatic hydroxyl groups excluding tert-OH is 1. The van der Waals surface area contributed by atoms with Gasteiger partial charge in [-0.2, -0.15) is 5.10 Å². The van der Waals surface area contributed by atoms with Crippen molar-refractivity contribution < 1.29 is 19.4 Å². The van der Waals surface area contributed by atoms with Crippen molar-refractivity contribution in [3.05, 3.63) is 30.0 Å². The molecular weight excluding hydrogens is 334 g/mol. The summed E-state index contributed by atoms with van der Waals surface area (Å²) in [5.74, 6) is -0.960. The van der Waals surface area contributed by atoms with Crippen molar-refractivity contribution in [1.29, 1.82) is 0 Å². The van der Waals surface area contributed by atoms with Gasteiger partial charge in [0.2, 0.25) is 0 Å². The normalized spacial score (nSPS) is 12.3. The van der Waals surface area contributed by atoms with Gasteiger partial charge in [0.1, 0.15) is 6.04 Å². The van der Waals surface area contributed by atoms with E-state index in [4.69, 9.17) is 9.84 Å². The van der Waals surface area contributed by atoms with Crippen molar-refractivity contribution in [3.8, 4) is 0 Å². The zero-order valence-corrected chi connectivity index (χ0v) is 15.6. The highest BCUT2D eigenvalue weighted by Gasteiger charge is 2.27. The van der Waals surface area contributed by atoms with Crippen molar-refractivity contribution in [1.82, 2.24) is 15.1 Å². The number of carbonyl (C=O) groups is 2. The van der Waals surface area contributed by atoms with Gasteiger partial charge in [-0.1, -0.05) is 32.0 Å². The highest BCUT2D eigenvalue weighted by atomic mass is 16.5. The van der Waals surface area contributed by atoms with E-state index in [1.165, 1.54) is 7.11 Å². The number of esters is 1. The van der Waals surface area contributed by atoms with E-state index >= 15 is 0 Å². The Balaban J connectivity index is 2.25. The van der Waals surface area contributed by atoms with Crippen LogP contribution >= 0.6 is 0 Å². The Labute approximate surface area is 153 Å². The van der Waals surface area contributed by atoms with Crippen LogP contribution in [-0.2, 0) is 16.1 Å². The molecule has 1 amide bonds. The van der Waals surface area contributed by atoms with Crippen LogP contribution in [-0.4, -0.2) is 46.5 Å². The van der Waals surface area contributed by atoms with Gasteiger partial charge in [-0.15, -0.1) is 0 Å². The smallest absolute Gasteiger partial charge is 0.328 e. The fourth-order valence-corrected chi connectivity index (χ4v) is 2.85. The van der Waals surface area contributed by atoms with E-state index in [0.29, 0.717) is 12.2 Å². The van der Waals surface area contributed by atoms with Gasteiger partial charge in [-0.05, 0) is 31.2 Å². The molecule has 0 aliphatic heterocycles. The minimum absolute atomic E-state index is 0.0989. The van der Waals surface area contributed by atoms with E-state index in [0.717, 1.165) is 30.2 Å². The van der Waals surface area contributed by atoms with Crippen LogP contribution in [0.2, 0.25) is 0 Å². The van der Waals surface area contributed by atoms with E-state index in [2.05, 4.69) is 10.4 Å². The third kappa shape index (κ3) is 4.60. The second-order valence-electron chi connectivity index (χ2n) is 6.59. The number of ether oxygens (including phenoxy) is 1. The first kappa shape index (κ1) is 19.9. The molecule has 2 rings (SSSR count). The zero-order chi connectivity index (χ0) is 19.1. The number of benzene rings is 1. The van der Waals surface area contributed by atoms with Gasteiger partial charge in [0.15, 0.2) is 5.69 Å².